The van der Waals surface area contributed by atoms with Crippen LogP contribution in [-0.2, 0) is 15.1 Å². The van der Waals surface area contributed by atoms with Crippen molar-refractivity contribution < 1.29 is 9.53 Å². The number of benzene rings is 1. The van der Waals surface area contributed by atoms with Gasteiger partial charge in [0, 0.05) is 19.0 Å². The van der Waals surface area contributed by atoms with Gasteiger partial charge < -0.3 is 15.4 Å². The Bertz CT molecular complexity index is 437. The molecule has 0 aromatic heterocycles. The standard InChI is InChI=1S/C15H20N2O2/c18-14(10-13-11-19-9-8-16-13)17-15(6-7-15)12-4-2-1-3-5-12/h1-5,13,16H,6-11H2,(H,17,18). The molecule has 2 N–H and O–H groups in total. The van der Waals surface area contributed by atoms with Crippen LogP contribution in [0.4, 0.5) is 0 Å². The molecular formula is C15H20N2O2. The minimum Gasteiger partial charge on any atom is -0.378 e. The van der Waals surface area contributed by atoms with E-state index in [1.165, 1.54) is 5.56 Å². The van der Waals surface area contributed by atoms with Crippen LogP contribution in [0.15, 0.2) is 30.3 Å². The first kappa shape index (κ1) is 12.6. The highest BCUT2D eigenvalue weighted by Gasteiger charge is 2.45. The Labute approximate surface area is 113 Å². The molecule has 0 spiro atoms. The number of amides is 1. The highest BCUT2D eigenvalue weighted by atomic mass is 16.5. The number of hydrogen-bond acceptors (Lipinski definition) is 3. The van der Waals surface area contributed by atoms with Gasteiger partial charge in [-0.15, -0.1) is 0 Å². The van der Waals surface area contributed by atoms with Crippen LogP contribution in [0.25, 0.3) is 0 Å². The van der Waals surface area contributed by atoms with Gasteiger partial charge >= 0.3 is 0 Å². The number of hydrogen-bond donors (Lipinski definition) is 2. The molecule has 1 aromatic rings. The molecule has 1 aliphatic heterocycles. The number of carbonyl (C=O) groups is 1. The maximum atomic E-state index is 12.1. The molecule has 0 radical (unpaired) electrons. The lowest BCUT2D eigenvalue weighted by Crippen LogP contribution is -2.45. The lowest BCUT2D eigenvalue weighted by molar-refractivity contribution is -0.123. The summed E-state index contributed by atoms with van der Waals surface area (Å²) in [4.78, 5) is 12.1. The van der Waals surface area contributed by atoms with Crippen LogP contribution in [0.1, 0.15) is 24.8 Å². The van der Waals surface area contributed by atoms with E-state index >= 15 is 0 Å². The van der Waals surface area contributed by atoms with E-state index in [2.05, 4.69) is 22.8 Å². The largest absolute Gasteiger partial charge is 0.378 e. The van der Waals surface area contributed by atoms with E-state index in [9.17, 15) is 4.79 Å². The summed E-state index contributed by atoms with van der Waals surface area (Å²) in [7, 11) is 0. The van der Waals surface area contributed by atoms with Crippen molar-refractivity contribution in [3.8, 4) is 0 Å². The second kappa shape index (κ2) is 5.31. The monoisotopic (exact) mass is 260 g/mol. The Morgan fingerprint density at radius 3 is 2.79 bits per heavy atom. The summed E-state index contributed by atoms with van der Waals surface area (Å²) in [5, 5.41) is 6.51. The number of morpholine rings is 1. The number of rotatable bonds is 4. The third-order valence-electron chi connectivity index (χ3n) is 3.89. The third kappa shape index (κ3) is 2.96. The fourth-order valence-electron chi connectivity index (χ4n) is 2.66. The predicted octanol–water partition coefficient (Wildman–Crippen LogP) is 1.17. The summed E-state index contributed by atoms with van der Waals surface area (Å²) < 4.78 is 5.37. The molecule has 0 bridgehead atoms. The summed E-state index contributed by atoms with van der Waals surface area (Å²) in [6.45, 7) is 2.21. The Kier molecular flexibility index (Phi) is 3.53. The fraction of sp³-hybridized carbons (Fsp3) is 0.533. The minimum absolute atomic E-state index is 0.103. The molecule has 1 saturated carbocycles. The highest BCUT2D eigenvalue weighted by Crippen LogP contribution is 2.45. The topological polar surface area (TPSA) is 50.4 Å². The molecule has 2 fully saturated rings. The normalized spacial score (nSPS) is 24.7. The van der Waals surface area contributed by atoms with Crippen LogP contribution < -0.4 is 10.6 Å². The number of nitrogens with one attached hydrogen (secondary N) is 2. The van der Waals surface area contributed by atoms with E-state index in [4.69, 9.17) is 4.74 Å². The second-order valence-electron chi connectivity index (χ2n) is 5.43. The Morgan fingerprint density at radius 1 is 1.37 bits per heavy atom. The predicted molar refractivity (Wildman–Crippen MR) is 72.7 cm³/mol. The molecule has 1 saturated heterocycles. The van der Waals surface area contributed by atoms with E-state index in [0.717, 1.165) is 26.0 Å². The zero-order valence-corrected chi connectivity index (χ0v) is 11.0. The molecule has 1 aliphatic carbocycles. The maximum Gasteiger partial charge on any atom is 0.222 e. The van der Waals surface area contributed by atoms with Gasteiger partial charge in [-0.2, -0.15) is 0 Å². The van der Waals surface area contributed by atoms with Gasteiger partial charge in [0.15, 0.2) is 0 Å². The van der Waals surface area contributed by atoms with Crippen LogP contribution in [0.2, 0.25) is 0 Å². The molecule has 102 valence electrons. The Morgan fingerprint density at radius 2 is 2.16 bits per heavy atom. The van der Waals surface area contributed by atoms with Crippen molar-refractivity contribution in [3.63, 3.8) is 0 Å². The first-order valence-electron chi connectivity index (χ1n) is 6.96. The lowest BCUT2D eigenvalue weighted by Gasteiger charge is -2.25. The highest BCUT2D eigenvalue weighted by molar-refractivity contribution is 5.78. The molecule has 1 unspecified atom stereocenters. The Hall–Kier alpha value is -1.39. The average Bonchev–Trinajstić information content (AvgIpc) is 3.21. The first-order chi connectivity index (χ1) is 9.28. The van der Waals surface area contributed by atoms with Gasteiger partial charge in [0.2, 0.25) is 5.91 Å². The van der Waals surface area contributed by atoms with Gasteiger partial charge in [0.1, 0.15) is 0 Å². The molecule has 19 heavy (non-hydrogen) atoms. The zero-order chi connectivity index (χ0) is 13.1. The summed E-state index contributed by atoms with van der Waals surface area (Å²) in [5.41, 5.74) is 1.12. The van der Waals surface area contributed by atoms with Crippen molar-refractivity contribution in [1.29, 1.82) is 0 Å². The van der Waals surface area contributed by atoms with Gasteiger partial charge in [-0.25, -0.2) is 0 Å². The van der Waals surface area contributed by atoms with Gasteiger partial charge in [0.25, 0.3) is 0 Å². The molecule has 1 aromatic carbocycles. The molecule has 1 heterocycles. The second-order valence-corrected chi connectivity index (χ2v) is 5.43. The third-order valence-corrected chi connectivity index (χ3v) is 3.89. The molecule has 1 atom stereocenters. The first-order valence-corrected chi connectivity index (χ1v) is 6.96. The molecule has 4 heteroatoms. The molecule has 4 nitrogen and oxygen atoms in total. The quantitative estimate of drug-likeness (QED) is 0.854. The van der Waals surface area contributed by atoms with E-state index in [0.29, 0.717) is 13.0 Å². The van der Waals surface area contributed by atoms with Crippen LogP contribution in [-0.4, -0.2) is 31.7 Å². The van der Waals surface area contributed by atoms with Crippen molar-refractivity contribution in [2.45, 2.75) is 30.8 Å². The molecular weight excluding hydrogens is 240 g/mol. The summed E-state index contributed by atoms with van der Waals surface area (Å²) >= 11 is 0. The van der Waals surface area contributed by atoms with E-state index in [1.807, 2.05) is 18.2 Å². The minimum atomic E-state index is -0.103. The van der Waals surface area contributed by atoms with Gasteiger partial charge in [0.05, 0.1) is 18.8 Å². The van der Waals surface area contributed by atoms with Gasteiger partial charge in [-0.1, -0.05) is 30.3 Å². The lowest BCUT2D eigenvalue weighted by atomic mass is 10.0. The maximum absolute atomic E-state index is 12.1. The smallest absolute Gasteiger partial charge is 0.222 e. The van der Waals surface area contributed by atoms with Crippen molar-refractivity contribution in [3.05, 3.63) is 35.9 Å². The molecule has 2 aliphatic rings. The summed E-state index contributed by atoms with van der Waals surface area (Å²) in [6.07, 6.45) is 2.57. The number of carbonyl (C=O) groups excluding carboxylic acids is 1. The van der Waals surface area contributed by atoms with Crippen LogP contribution >= 0.6 is 0 Å². The van der Waals surface area contributed by atoms with Crippen molar-refractivity contribution in [2.75, 3.05) is 19.8 Å². The molecule has 3 rings (SSSR count). The zero-order valence-electron chi connectivity index (χ0n) is 11.0. The fourth-order valence-corrected chi connectivity index (χ4v) is 2.66. The van der Waals surface area contributed by atoms with Crippen molar-refractivity contribution >= 4 is 5.91 Å². The van der Waals surface area contributed by atoms with Crippen LogP contribution in [0.3, 0.4) is 0 Å². The van der Waals surface area contributed by atoms with Crippen molar-refractivity contribution in [1.82, 2.24) is 10.6 Å². The molecule has 1 amide bonds. The number of ether oxygens (including phenoxy) is 1. The van der Waals surface area contributed by atoms with Gasteiger partial charge in [-0.3, -0.25) is 4.79 Å². The van der Waals surface area contributed by atoms with E-state index in [1.54, 1.807) is 0 Å². The van der Waals surface area contributed by atoms with Gasteiger partial charge in [-0.05, 0) is 18.4 Å². The van der Waals surface area contributed by atoms with Crippen molar-refractivity contribution in [2.24, 2.45) is 0 Å². The van der Waals surface area contributed by atoms with Crippen LogP contribution in [0, 0.1) is 0 Å². The summed E-state index contributed by atoms with van der Waals surface area (Å²) in [6, 6.07) is 10.4. The van der Waals surface area contributed by atoms with Crippen LogP contribution in [0.5, 0.6) is 0 Å². The average molecular weight is 260 g/mol. The van der Waals surface area contributed by atoms with E-state index in [-0.39, 0.29) is 17.5 Å². The van der Waals surface area contributed by atoms with E-state index < -0.39 is 0 Å². The Balaban J connectivity index is 1.57. The SMILES string of the molecule is O=C(CC1COCCN1)NC1(c2ccccc2)CC1. The summed E-state index contributed by atoms with van der Waals surface area (Å²) in [5.74, 6) is 0.115.